The average molecular weight is 329 g/mol. The zero-order chi connectivity index (χ0) is 17.1. The zero-order valence-electron chi connectivity index (χ0n) is 13.5. The summed E-state index contributed by atoms with van der Waals surface area (Å²) < 4.78 is 15.3. The molecule has 0 saturated carbocycles. The van der Waals surface area contributed by atoms with Crippen molar-refractivity contribution in [2.45, 2.75) is 25.9 Å². The number of fused-ring (bicyclic) bond motifs is 1. The second kappa shape index (κ2) is 6.86. The molecule has 2 amide bonds. The molecule has 1 atom stereocenters. The molecule has 1 aromatic heterocycles. The highest BCUT2D eigenvalue weighted by Gasteiger charge is 2.27. The molecule has 0 saturated heterocycles. The van der Waals surface area contributed by atoms with Gasteiger partial charge in [0.1, 0.15) is 5.82 Å². The van der Waals surface area contributed by atoms with Crippen molar-refractivity contribution < 1.29 is 14.0 Å². The predicted octanol–water partition coefficient (Wildman–Crippen LogP) is 1.89. The van der Waals surface area contributed by atoms with Crippen molar-refractivity contribution in [3.63, 3.8) is 0 Å². The van der Waals surface area contributed by atoms with Crippen LogP contribution in [0.3, 0.4) is 0 Å². The molecular formula is C18H20FN3O2. The van der Waals surface area contributed by atoms with Gasteiger partial charge in [-0.25, -0.2) is 4.39 Å². The zero-order valence-corrected chi connectivity index (χ0v) is 13.5. The van der Waals surface area contributed by atoms with E-state index >= 15 is 0 Å². The first-order chi connectivity index (χ1) is 11.5. The summed E-state index contributed by atoms with van der Waals surface area (Å²) in [6, 6.07) is 9.87. The molecule has 0 aliphatic carbocycles. The lowest BCUT2D eigenvalue weighted by Gasteiger charge is -2.35. The van der Waals surface area contributed by atoms with Crippen LogP contribution in [0, 0.1) is 5.82 Å². The maximum Gasteiger partial charge on any atom is 0.242 e. The summed E-state index contributed by atoms with van der Waals surface area (Å²) in [4.78, 5) is 26.1. The van der Waals surface area contributed by atoms with E-state index in [0.717, 1.165) is 12.2 Å². The van der Waals surface area contributed by atoms with Crippen LogP contribution in [-0.2, 0) is 22.6 Å². The Bertz CT molecular complexity index is 756. The van der Waals surface area contributed by atoms with Crippen molar-refractivity contribution in [2.24, 2.45) is 0 Å². The molecule has 0 spiro atoms. The predicted molar refractivity (Wildman–Crippen MR) is 87.7 cm³/mol. The second-order valence-electron chi connectivity index (χ2n) is 5.97. The number of nitrogens with one attached hydrogen (secondary N) is 1. The van der Waals surface area contributed by atoms with Gasteiger partial charge in [-0.05, 0) is 36.8 Å². The molecule has 2 aromatic rings. The van der Waals surface area contributed by atoms with Crippen LogP contribution < -0.4 is 5.32 Å². The molecule has 1 aromatic carbocycles. The average Bonchev–Trinajstić information content (AvgIpc) is 3.02. The van der Waals surface area contributed by atoms with Gasteiger partial charge in [0.05, 0.1) is 19.0 Å². The van der Waals surface area contributed by atoms with E-state index in [9.17, 15) is 14.0 Å². The highest BCUT2D eigenvalue weighted by atomic mass is 19.1. The van der Waals surface area contributed by atoms with Crippen LogP contribution in [-0.4, -0.2) is 34.4 Å². The normalized spacial score (nSPS) is 16.6. The monoisotopic (exact) mass is 329 g/mol. The number of halogens is 1. The van der Waals surface area contributed by atoms with E-state index in [1.54, 1.807) is 17.0 Å². The molecule has 3 rings (SSSR count). The van der Waals surface area contributed by atoms with Crippen molar-refractivity contribution in [3.05, 3.63) is 59.7 Å². The molecule has 1 aliphatic rings. The Labute approximate surface area is 140 Å². The summed E-state index contributed by atoms with van der Waals surface area (Å²) in [6.45, 7) is 3.33. The highest BCUT2D eigenvalue weighted by Crippen LogP contribution is 2.24. The summed E-state index contributed by atoms with van der Waals surface area (Å²) in [6.07, 6.45) is 2.07. The standard InChI is InChI=1S/C18H20FN3O2/c1-13-16-6-3-7-21(16)8-9-22(13)18(24)12-20-17(23)11-14-4-2-5-15(19)10-14/h2-7,10,13H,8-9,11-12H2,1H3,(H,20,23). The van der Waals surface area contributed by atoms with Gasteiger partial charge in [-0.2, -0.15) is 0 Å². The van der Waals surface area contributed by atoms with Crippen LogP contribution in [0.4, 0.5) is 4.39 Å². The Morgan fingerprint density at radius 3 is 2.88 bits per heavy atom. The third kappa shape index (κ3) is 3.48. The first-order valence-corrected chi connectivity index (χ1v) is 8.00. The van der Waals surface area contributed by atoms with Crippen LogP contribution >= 0.6 is 0 Å². The van der Waals surface area contributed by atoms with Gasteiger partial charge >= 0.3 is 0 Å². The van der Waals surface area contributed by atoms with Crippen LogP contribution in [0.1, 0.15) is 24.2 Å². The van der Waals surface area contributed by atoms with E-state index in [1.165, 1.54) is 12.1 Å². The smallest absolute Gasteiger partial charge is 0.242 e. The third-order valence-electron chi connectivity index (χ3n) is 4.35. The minimum Gasteiger partial charge on any atom is -0.348 e. The molecule has 1 N–H and O–H groups in total. The number of aromatic nitrogens is 1. The van der Waals surface area contributed by atoms with Crippen molar-refractivity contribution >= 4 is 11.8 Å². The van der Waals surface area contributed by atoms with Gasteiger partial charge in [-0.1, -0.05) is 12.1 Å². The van der Waals surface area contributed by atoms with Crippen molar-refractivity contribution in [1.29, 1.82) is 0 Å². The van der Waals surface area contributed by atoms with E-state index in [0.29, 0.717) is 12.1 Å². The van der Waals surface area contributed by atoms with Gasteiger partial charge in [0.25, 0.3) is 0 Å². The van der Waals surface area contributed by atoms with Crippen molar-refractivity contribution in [1.82, 2.24) is 14.8 Å². The fraction of sp³-hybridized carbons (Fsp3) is 0.333. The van der Waals surface area contributed by atoms with Gasteiger partial charge in [0.2, 0.25) is 11.8 Å². The fourth-order valence-electron chi connectivity index (χ4n) is 3.09. The summed E-state index contributed by atoms with van der Waals surface area (Å²) in [5.74, 6) is -0.772. The number of hydrogen-bond donors (Lipinski definition) is 1. The Morgan fingerprint density at radius 1 is 1.25 bits per heavy atom. The molecule has 6 heteroatoms. The lowest BCUT2D eigenvalue weighted by atomic mass is 10.1. The second-order valence-corrected chi connectivity index (χ2v) is 5.97. The van der Waals surface area contributed by atoms with E-state index in [1.807, 2.05) is 25.3 Å². The van der Waals surface area contributed by atoms with Gasteiger partial charge < -0.3 is 14.8 Å². The molecule has 0 radical (unpaired) electrons. The number of nitrogens with zero attached hydrogens (tertiary/aromatic N) is 2. The third-order valence-corrected chi connectivity index (χ3v) is 4.35. The molecule has 2 heterocycles. The number of amides is 2. The Hall–Kier alpha value is -2.63. The van der Waals surface area contributed by atoms with E-state index in [-0.39, 0.29) is 36.6 Å². The van der Waals surface area contributed by atoms with Gasteiger partial charge in [0.15, 0.2) is 0 Å². The number of carbonyl (C=O) groups is 2. The Kier molecular flexibility index (Phi) is 4.64. The topological polar surface area (TPSA) is 54.3 Å². The number of rotatable bonds is 4. The SMILES string of the molecule is CC1c2cccn2CCN1C(=O)CNC(=O)Cc1cccc(F)c1. The summed E-state index contributed by atoms with van der Waals surface area (Å²) in [5.41, 5.74) is 1.69. The molecule has 5 nitrogen and oxygen atoms in total. The molecule has 24 heavy (non-hydrogen) atoms. The molecule has 1 unspecified atom stereocenters. The van der Waals surface area contributed by atoms with Crippen molar-refractivity contribution in [2.75, 3.05) is 13.1 Å². The fourth-order valence-corrected chi connectivity index (χ4v) is 3.09. The molecule has 126 valence electrons. The lowest BCUT2D eigenvalue weighted by Crippen LogP contribution is -2.45. The minimum absolute atomic E-state index is 0.0126. The van der Waals surface area contributed by atoms with Gasteiger partial charge in [-0.3, -0.25) is 9.59 Å². The maximum absolute atomic E-state index is 13.1. The lowest BCUT2D eigenvalue weighted by molar-refractivity contribution is -0.135. The Balaban J connectivity index is 1.53. The molecule has 0 bridgehead atoms. The van der Waals surface area contributed by atoms with Crippen LogP contribution in [0.2, 0.25) is 0 Å². The molecule has 1 aliphatic heterocycles. The van der Waals surface area contributed by atoms with E-state index in [4.69, 9.17) is 0 Å². The first-order valence-electron chi connectivity index (χ1n) is 8.00. The minimum atomic E-state index is -0.374. The van der Waals surface area contributed by atoms with Crippen molar-refractivity contribution in [3.8, 4) is 0 Å². The number of hydrogen-bond acceptors (Lipinski definition) is 2. The highest BCUT2D eigenvalue weighted by molar-refractivity contribution is 5.86. The van der Waals surface area contributed by atoms with Gasteiger partial charge in [-0.15, -0.1) is 0 Å². The maximum atomic E-state index is 13.1. The molecule has 0 fully saturated rings. The van der Waals surface area contributed by atoms with Crippen LogP contribution in [0.15, 0.2) is 42.6 Å². The van der Waals surface area contributed by atoms with Gasteiger partial charge in [0, 0.05) is 25.0 Å². The quantitative estimate of drug-likeness (QED) is 0.931. The number of benzene rings is 1. The van der Waals surface area contributed by atoms with Crippen LogP contribution in [0.25, 0.3) is 0 Å². The number of carbonyl (C=O) groups excluding carboxylic acids is 2. The Morgan fingerprint density at radius 2 is 2.08 bits per heavy atom. The van der Waals surface area contributed by atoms with E-state index in [2.05, 4.69) is 9.88 Å². The molecular weight excluding hydrogens is 309 g/mol. The first kappa shape index (κ1) is 16.2. The summed E-state index contributed by atoms with van der Waals surface area (Å²) >= 11 is 0. The summed E-state index contributed by atoms with van der Waals surface area (Å²) in [7, 11) is 0. The summed E-state index contributed by atoms with van der Waals surface area (Å²) in [5, 5.41) is 2.63. The largest absolute Gasteiger partial charge is 0.348 e. The van der Waals surface area contributed by atoms with E-state index < -0.39 is 0 Å². The van der Waals surface area contributed by atoms with Crippen LogP contribution in [0.5, 0.6) is 0 Å².